The van der Waals surface area contributed by atoms with E-state index in [1.807, 2.05) is 5.57 Å². The van der Waals surface area contributed by atoms with Gasteiger partial charge in [-0.15, -0.1) is 0 Å². The number of anilines is 1. The molecule has 228 valence electrons. The number of hydrogen-bond acceptors (Lipinski definition) is 2. The van der Waals surface area contributed by atoms with Gasteiger partial charge in [0.2, 0.25) is 0 Å². The Morgan fingerprint density at radius 1 is 1.02 bits per heavy atom. The first kappa shape index (κ1) is 31.1. The number of allylic oxidation sites excluding steroid dienone is 4. The van der Waals surface area contributed by atoms with Crippen molar-refractivity contribution in [3.05, 3.63) is 53.1 Å². The van der Waals surface area contributed by atoms with Crippen molar-refractivity contribution in [1.29, 1.82) is 0 Å². The van der Waals surface area contributed by atoms with Crippen LogP contribution in [0.25, 0.3) is 0 Å². The highest BCUT2D eigenvalue weighted by Crippen LogP contribution is 2.66. The van der Waals surface area contributed by atoms with Gasteiger partial charge in [0.1, 0.15) is 0 Å². The van der Waals surface area contributed by atoms with Gasteiger partial charge in [-0.3, -0.25) is 0 Å². The Morgan fingerprint density at radius 2 is 1.73 bits per heavy atom. The van der Waals surface area contributed by atoms with Crippen LogP contribution in [-0.2, 0) is 4.43 Å². The summed E-state index contributed by atoms with van der Waals surface area (Å²) in [6.07, 6.45) is 14.4. The summed E-state index contributed by atoms with van der Waals surface area (Å²) < 4.78 is 7.27. The Bertz CT molecular complexity index is 1160. The standard InChI is InChI=1S/C38H61NOSi/c1-27(15-14-24-39-30-16-12-11-13-17-30)32-20-21-33-31-19-18-29-26-38(8,40-41(9,10)35(3,4)5)28(2)25-37(29,7)34(31)22-23-36(32,33)6/h11-13,16-17,21,27-29,32,39H,14-15,18-20,22-26H2,1-10H3/t27-,28?,29?,32-,36-,37+,38-/m1/s1. The summed E-state index contributed by atoms with van der Waals surface area (Å²) in [5, 5.41) is 3.88. The van der Waals surface area contributed by atoms with Crippen molar-refractivity contribution in [2.24, 2.45) is 34.5 Å². The molecule has 4 aliphatic carbocycles. The molecule has 3 heteroatoms. The second kappa shape index (κ2) is 11.0. The lowest BCUT2D eigenvalue weighted by molar-refractivity contribution is -0.0787. The largest absolute Gasteiger partial charge is 0.411 e. The molecule has 0 aromatic heterocycles. The maximum Gasteiger partial charge on any atom is 0.192 e. The zero-order chi connectivity index (χ0) is 29.8. The van der Waals surface area contributed by atoms with Gasteiger partial charge in [-0.05, 0) is 141 Å². The molecule has 0 amide bonds. The van der Waals surface area contributed by atoms with E-state index < -0.39 is 8.32 Å². The second-order valence-electron chi connectivity index (χ2n) is 16.9. The van der Waals surface area contributed by atoms with E-state index in [9.17, 15) is 0 Å². The van der Waals surface area contributed by atoms with Crippen molar-refractivity contribution in [3.63, 3.8) is 0 Å². The predicted octanol–water partition coefficient (Wildman–Crippen LogP) is 11.2. The van der Waals surface area contributed by atoms with E-state index in [1.165, 1.54) is 63.5 Å². The first-order valence-corrected chi connectivity index (χ1v) is 19.9. The molecule has 1 N–H and O–H groups in total. The van der Waals surface area contributed by atoms with Crippen molar-refractivity contribution >= 4 is 14.0 Å². The molecule has 1 aromatic rings. The lowest BCUT2D eigenvalue weighted by Crippen LogP contribution is -2.57. The number of para-hydroxylation sites is 1. The van der Waals surface area contributed by atoms with Gasteiger partial charge in [-0.25, -0.2) is 0 Å². The molecule has 5 rings (SSSR count). The van der Waals surface area contributed by atoms with Crippen LogP contribution in [0, 0.1) is 34.5 Å². The highest BCUT2D eigenvalue weighted by atomic mass is 28.4. The van der Waals surface area contributed by atoms with Gasteiger partial charge in [0, 0.05) is 12.2 Å². The lowest BCUT2D eigenvalue weighted by atomic mass is 9.49. The fourth-order valence-corrected chi connectivity index (χ4v) is 11.3. The molecule has 0 spiro atoms. The Hall–Kier alpha value is -1.32. The number of rotatable bonds is 8. The summed E-state index contributed by atoms with van der Waals surface area (Å²) in [7, 11) is -1.82. The van der Waals surface area contributed by atoms with E-state index in [0.717, 1.165) is 24.3 Å². The molecule has 4 aliphatic rings. The molecule has 2 unspecified atom stereocenters. The van der Waals surface area contributed by atoms with Crippen LogP contribution in [0.5, 0.6) is 0 Å². The Morgan fingerprint density at radius 3 is 2.41 bits per heavy atom. The van der Waals surface area contributed by atoms with Crippen molar-refractivity contribution in [2.45, 2.75) is 137 Å². The van der Waals surface area contributed by atoms with Gasteiger partial charge in [0.15, 0.2) is 8.32 Å². The molecule has 1 saturated carbocycles. The monoisotopic (exact) mass is 575 g/mol. The van der Waals surface area contributed by atoms with Crippen LogP contribution >= 0.6 is 0 Å². The Kier molecular flexibility index (Phi) is 8.34. The highest BCUT2D eigenvalue weighted by Gasteiger charge is 2.57. The fraction of sp³-hybridized carbons (Fsp3) is 0.737. The minimum Gasteiger partial charge on any atom is -0.411 e. The highest BCUT2D eigenvalue weighted by molar-refractivity contribution is 6.74. The van der Waals surface area contributed by atoms with Crippen LogP contribution in [0.2, 0.25) is 18.1 Å². The first-order chi connectivity index (χ1) is 19.1. The van der Waals surface area contributed by atoms with Gasteiger partial charge in [-0.2, -0.15) is 0 Å². The number of nitrogens with one attached hydrogen (secondary N) is 1. The quantitative estimate of drug-likeness (QED) is 0.246. The summed E-state index contributed by atoms with van der Waals surface area (Å²) in [6.45, 7) is 26.0. The van der Waals surface area contributed by atoms with Crippen LogP contribution in [0.1, 0.15) is 113 Å². The van der Waals surface area contributed by atoms with E-state index in [2.05, 4.69) is 110 Å². The lowest BCUT2D eigenvalue weighted by Gasteiger charge is -2.59. The maximum atomic E-state index is 7.27. The van der Waals surface area contributed by atoms with E-state index in [4.69, 9.17) is 4.43 Å². The topological polar surface area (TPSA) is 21.3 Å². The zero-order valence-electron chi connectivity index (χ0n) is 28.3. The van der Waals surface area contributed by atoms with Crippen molar-refractivity contribution in [3.8, 4) is 0 Å². The molecule has 2 nitrogen and oxygen atoms in total. The predicted molar refractivity (Wildman–Crippen MR) is 180 cm³/mol. The third-order valence-electron chi connectivity index (χ3n) is 13.3. The van der Waals surface area contributed by atoms with Crippen LogP contribution in [0.15, 0.2) is 53.1 Å². The second-order valence-corrected chi connectivity index (χ2v) is 21.6. The molecule has 1 fully saturated rings. The summed E-state index contributed by atoms with van der Waals surface area (Å²) in [5.74, 6) is 2.90. The molecule has 0 aliphatic heterocycles. The Balaban J connectivity index is 1.28. The normalized spacial score (nSPS) is 36.2. The molecule has 0 bridgehead atoms. The van der Waals surface area contributed by atoms with Gasteiger partial charge in [0.05, 0.1) is 5.60 Å². The summed E-state index contributed by atoms with van der Waals surface area (Å²) >= 11 is 0. The third-order valence-corrected chi connectivity index (χ3v) is 17.9. The van der Waals surface area contributed by atoms with Crippen molar-refractivity contribution in [1.82, 2.24) is 0 Å². The SMILES string of the molecule is CC1C[C@]2(C)C3=C(CCC2C[C@@]1(C)O[Si](C)(C)C(C)(C)C)C1=CC[C@H]([C@H](C)CCCNc2ccccc2)[C@@]1(C)CC3. The third kappa shape index (κ3) is 5.57. The maximum absolute atomic E-state index is 7.27. The van der Waals surface area contributed by atoms with Crippen molar-refractivity contribution in [2.75, 3.05) is 11.9 Å². The molecule has 1 aromatic carbocycles. The van der Waals surface area contributed by atoms with Crippen LogP contribution in [-0.4, -0.2) is 20.5 Å². The van der Waals surface area contributed by atoms with Crippen LogP contribution in [0.3, 0.4) is 0 Å². The average Bonchev–Trinajstić information content (AvgIpc) is 3.24. The molecule has 41 heavy (non-hydrogen) atoms. The first-order valence-electron chi connectivity index (χ1n) is 17.0. The molecular formula is C38H61NOSi. The number of hydrogen-bond donors (Lipinski definition) is 1. The van der Waals surface area contributed by atoms with E-state index in [-0.39, 0.29) is 10.6 Å². The smallest absolute Gasteiger partial charge is 0.192 e. The summed E-state index contributed by atoms with van der Waals surface area (Å²) in [4.78, 5) is 0. The van der Waals surface area contributed by atoms with Gasteiger partial charge < -0.3 is 9.74 Å². The van der Waals surface area contributed by atoms with Gasteiger partial charge >= 0.3 is 0 Å². The van der Waals surface area contributed by atoms with Crippen molar-refractivity contribution < 1.29 is 4.43 Å². The molecule has 0 saturated heterocycles. The van der Waals surface area contributed by atoms with E-state index in [0.29, 0.717) is 16.7 Å². The fourth-order valence-electron chi connectivity index (χ4n) is 9.54. The van der Waals surface area contributed by atoms with Gasteiger partial charge in [0.25, 0.3) is 0 Å². The van der Waals surface area contributed by atoms with Crippen LogP contribution < -0.4 is 5.32 Å². The van der Waals surface area contributed by atoms with E-state index >= 15 is 0 Å². The van der Waals surface area contributed by atoms with Gasteiger partial charge in [-0.1, -0.05) is 78.3 Å². The number of fused-ring (bicyclic) bond motifs is 4. The minimum absolute atomic E-state index is 0.0109. The number of benzene rings is 1. The molecule has 0 heterocycles. The average molecular weight is 576 g/mol. The Labute approximate surface area is 254 Å². The minimum atomic E-state index is -1.82. The summed E-state index contributed by atoms with van der Waals surface area (Å²) in [6, 6.07) is 10.7. The van der Waals surface area contributed by atoms with Crippen LogP contribution in [0.4, 0.5) is 5.69 Å². The molecular weight excluding hydrogens is 515 g/mol. The molecule has 0 radical (unpaired) electrons. The zero-order valence-corrected chi connectivity index (χ0v) is 29.3. The summed E-state index contributed by atoms with van der Waals surface area (Å²) in [5.41, 5.74) is 7.41. The molecule has 7 atom stereocenters. The van der Waals surface area contributed by atoms with E-state index in [1.54, 1.807) is 11.1 Å².